The summed E-state index contributed by atoms with van der Waals surface area (Å²) in [5.41, 5.74) is 0. The molecule has 2 aliphatic carbocycles. The van der Waals surface area contributed by atoms with Crippen LogP contribution in [0.5, 0.6) is 0 Å². The van der Waals surface area contributed by atoms with Gasteiger partial charge in [-0.1, -0.05) is 0 Å². The molecule has 0 aromatic rings. The quantitative estimate of drug-likeness (QED) is 0.655. The van der Waals surface area contributed by atoms with Gasteiger partial charge in [0.15, 0.2) is 0 Å². The molecule has 2 N–H and O–H groups in total. The predicted octanol–water partition coefficient (Wildman–Crippen LogP) is 0.655. The maximum atomic E-state index is 11.3. The molecule has 3 heteroatoms. The summed E-state index contributed by atoms with van der Waals surface area (Å²) in [6, 6.07) is 0.482. The lowest BCUT2D eigenvalue weighted by Gasteiger charge is -2.26. The van der Waals surface area contributed by atoms with Gasteiger partial charge in [0.1, 0.15) is 0 Å². The molecule has 0 atom stereocenters. The van der Waals surface area contributed by atoms with Crippen LogP contribution in [0.15, 0.2) is 0 Å². The monoisotopic (exact) mass is 182 g/mol. The maximum Gasteiger partial charge on any atom is 0.234 e. The molecule has 0 spiro atoms. The summed E-state index contributed by atoms with van der Waals surface area (Å²) in [5.74, 6) is 1.03. The second kappa shape index (κ2) is 4.09. The van der Waals surface area contributed by atoms with Crippen LogP contribution in [0.2, 0.25) is 0 Å². The van der Waals surface area contributed by atoms with Gasteiger partial charge in [-0.3, -0.25) is 4.79 Å². The lowest BCUT2D eigenvalue weighted by Crippen LogP contribution is -2.43. The summed E-state index contributed by atoms with van der Waals surface area (Å²) >= 11 is 0. The van der Waals surface area contributed by atoms with Crippen LogP contribution >= 0.6 is 0 Å². The Labute approximate surface area is 79.3 Å². The minimum Gasteiger partial charge on any atom is -0.352 e. The predicted molar refractivity (Wildman–Crippen MR) is 51.4 cm³/mol. The summed E-state index contributed by atoms with van der Waals surface area (Å²) in [4.78, 5) is 11.3. The fourth-order valence-electron chi connectivity index (χ4n) is 1.54. The standard InChI is InChI=1S/C10H18N2O/c13-10(12-9-2-1-3-9)7-11-6-8-4-5-8/h8-9,11H,1-7H2,(H,12,13). The number of hydrogen-bond acceptors (Lipinski definition) is 2. The van der Waals surface area contributed by atoms with E-state index in [1.54, 1.807) is 0 Å². The Morgan fingerprint density at radius 3 is 2.54 bits per heavy atom. The first-order chi connectivity index (χ1) is 6.34. The Kier molecular flexibility index (Phi) is 2.83. The van der Waals surface area contributed by atoms with Gasteiger partial charge in [-0.15, -0.1) is 0 Å². The van der Waals surface area contributed by atoms with E-state index in [-0.39, 0.29) is 5.91 Å². The van der Waals surface area contributed by atoms with Crippen molar-refractivity contribution in [3.05, 3.63) is 0 Å². The molecule has 0 bridgehead atoms. The van der Waals surface area contributed by atoms with Crippen LogP contribution in [0.3, 0.4) is 0 Å². The van der Waals surface area contributed by atoms with Crippen molar-refractivity contribution >= 4 is 5.91 Å². The van der Waals surface area contributed by atoms with Gasteiger partial charge in [0.25, 0.3) is 0 Å². The number of carbonyl (C=O) groups excluding carboxylic acids is 1. The zero-order valence-electron chi connectivity index (χ0n) is 8.01. The largest absolute Gasteiger partial charge is 0.352 e. The van der Waals surface area contributed by atoms with E-state index in [0.29, 0.717) is 12.6 Å². The summed E-state index contributed by atoms with van der Waals surface area (Å²) < 4.78 is 0. The minimum atomic E-state index is 0.172. The SMILES string of the molecule is O=C(CNCC1CC1)NC1CCC1. The third-order valence-electron chi connectivity index (χ3n) is 2.89. The van der Waals surface area contributed by atoms with E-state index < -0.39 is 0 Å². The highest BCUT2D eigenvalue weighted by atomic mass is 16.1. The van der Waals surface area contributed by atoms with Gasteiger partial charge in [0, 0.05) is 6.04 Å². The van der Waals surface area contributed by atoms with Crippen LogP contribution < -0.4 is 10.6 Å². The molecule has 3 nitrogen and oxygen atoms in total. The lowest BCUT2D eigenvalue weighted by molar-refractivity contribution is -0.121. The maximum absolute atomic E-state index is 11.3. The van der Waals surface area contributed by atoms with Gasteiger partial charge in [-0.2, -0.15) is 0 Å². The average Bonchev–Trinajstić information content (AvgIpc) is 2.81. The summed E-state index contributed by atoms with van der Waals surface area (Å²) in [7, 11) is 0. The number of nitrogens with one attached hydrogen (secondary N) is 2. The number of carbonyl (C=O) groups is 1. The van der Waals surface area contributed by atoms with Crippen molar-refractivity contribution in [1.82, 2.24) is 10.6 Å². The first-order valence-electron chi connectivity index (χ1n) is 5.34. The summed E-state index contributed by atoms with van der Waals surface area (Å²) in [6.45, 7) is 1.53. The molecular formula is C10H18N2O. The van der Waals surface area contributed by atoms with Gasteiger partial charge < -0.3 is 10.6 Å². The van der Waals surface area contributed by atoms with E-state index in [1.807, 2.05) is 0 Å². The van der Waals surface area contributed by atoms with E-state index in [2.05, 4.69) is 10.6 Å². The highest BCUT2D eigenvalue weighted by molar-refractivity contribution is 5.78. The highest BCUT2D eigenvalue weighted by Crippen LogP contribution is 2.27. The Morgan fingerprint density at radius 2 is 2.00 bits per heavy atom. The number of rotatable bonds is 5. The molecule has 0 aromatic heterocycles. The van der Waals surface area contributed by atoms with Crippen LogP contribution in [0.1, 0.15) is 32.1 Å². The van der Waals surface area contributed by atoms with E-state index in [4.69, 9.17) is 0 Å². The van der Waals surface area contributed by atoms with E-state index in [1.165, 1.54) is 32.1 Å². The fourth-order valence-corrected chi connectivity index (χ4v) is 1.54. The highest BCUT2D eigenvalue weighted by Gasteiger charge is 2.22. The molecule has 0 radical (unpaired) electrons. The van der Waals surface area contributed by atoms with Gasteiger partial charge in [-0.25, -0.2) is 0 Å². The van der Waals surface area contributed by atoms with Gasteiger partial charge in [-0.05, 0) is 44.6 Å². The van der Waals surface area contributed by atoms with Crippen molar-refractivity contribution in [2.75, 3.05) is 13.1 Å². The Morgan fingerprint density at radius 1 is 1.23 bits per heavy atom. The average molecular weight is 182 g/mol. The minimum absolute atomic E-state index is 0.172. The first kappa shape index (κ1) is 9.00. The van der Waals surface area contributed by atoms with E-state index in [0.717, 1.165) is 12.5 Å². The lowest BCUT2D eigenvalue weighted by atomic mass is 9.93. The summed E-state index contributed by atoms with van der Waals surface area (Å²) in [6.07, 6.45) is 6.32. The third-order valence-corrected chi connectivity index (χ3v) is 2.89. The molecule has 2 rings (SSSR count). The van der Waals surface area contributed by atoms with Crippen molar-refractivity contribution in [3.8, 4) is 0 Å². The van der Waals surface area contributed by atoms with Crippen molar-refractivity contribution < 1.29 is 4.79 Å². The van der Waals surface area contributed by atoms with Crippen molar-refractivity contribution in [2.24, 2.45) is 5.92 Å². The molecular weight excluding hydrogens is 164 g/mol. The first-order valence-corrected chi connectivity index (χ1v) is 5.34. The molecule has 0 aromatic carbocycles. The normalized spacial score (nSPS) is 22.5. The van der Waals surface area contributed by atoms with Crippen LogP contribution in [0.25, 0.3) is 0 Å². The molecule has 74 valence electrons. The smallest absolute Gasteiger partial charge is 0.234 e. The van der Waals surface area contributed by atoms with Crippen LogP contribution in [0, 0.1) is 5.92 Å². The van der Waals surface area contributed by atoms with Gasteiger partial charge in [0.2, 0.25) is 5.91 Å². The van der Waals surface area contributed by atoms with Crippen LogP contribution in [0.4, 0.5) is 0 Å². The van der Waals surface area contributed by atoms with Gasteiger partial charge in [0.05, 0.1) is 6.54 Å². The van der Waals surface area contributed by atoms with Gasteiger partial charge >= 0.3 is 0 Å². The fraction of sp³-hybridized carbons (Fsp3) is 0.900. The number of hydrogen-bond donors (Lipinski definition) is 2. The Hall–Kier alpha value is -0.570. The second-order valence-electron chi connectivity index (χ2n) is 4.27. The molecule has 2 fully saturated rings. The molecule has 1 amide bonds. The van der Waals surface area contributed by atoms with Crippen molar-refractivity contribution in [1.29, 1.82) is 0 Å². The Bertz CT molecular complexity index is 185. The third kappa shape index (κ3) is 2.99. The Balaban J connectivity index is 1.49. The molecule has 0 unspecified atom stereocenters. The zero-order valence-corrected chi connectivity index (χ0v) is 8.01. The molecule has 2 saturated carbocycles. The molecule has 2 aliphatic rings. The van der Waals surface area contributed by atoms with E-state index >= 15 is 0 Å². The molecule has 0 heterocycles. The van der Waals surface area contributed by atoms with Crippen LogP contribution in [-0.2, 0) is 4.79 Å². The molecule has 0 saturated heterocycles. The summed E-state index contributed by atoms with van der Waals surface area (Å²) in [5, 5.41) is 6.20. The number of amides is 1. The van der Waals surface area contributed by atoms with Crippen molar-refractivity contribution in [3.63, 3.8) is 0 Å². The zero-order chi connectivity index (χ0) is 9.10. The van der Waals surface area contributed by atoms with E-state index in [9.17, 15) is 4.79 Å². The van der Waals surface area contributed by atoms with Crippen molar-refractivity contribution in [2.45, 2.75) is 38.1 Å². The topological polar surface area (TPSA) is 41.1 Å². The molecule has 0 aliphatic heterocycles. The molecule has 13 heavy (non-hydrogen) atoms. The van der Waals surface area contributed by atoms with Crippen LogP contribution in [-0.4, -0.2) is 25.0 Å². The second-order valence-corrected chi connectivity index (χ2v) is 4.27.